The number of pyridine rings is 1. The van der Waals surface area contributed by atoms with Crippen molar-refractivity contribution in [3.63, 3.8) is 0 Å². The third-order valence-corrected chi connectivity index (χ3v) is 6.01. The van der Waals surface area contributed by atoms with Gasteiger partial charge < -0.3 is 9.80 Å². The molecule has 0 N–H and O–H groups in total. The zero-order valence-corrected chi connectivity index (χ0v) is 18.8. The first-order chi connectivity index (χ1) is 15.6. The average molecular weight is 428 g/mol. The first-order valence-corrected chi connectivity index (χ1v) is 11.3. The molecule has 2 aromatic carbocycles. The number of rotatable bonds is 7. The van der Waals surface area contributed by atoms with Crippen LogP contribution in [0.1, 0.15) is 52.9 Å². The smallest absolute Gasteiger partial charge is 0.254 e. The number of nitrogens with zero attached hydrogens (tertiary/aromatic N) is 3. The summed E-state index contributed by atoms with van der Waals surface area (Å²) in [5.74, 6) is 0.105. The molecule has 0 bridgehead atoms. The highest BCUT2D eigenvalue weighted by molar-refractivity contribution is 5.98. The standard InChI is InChI=1S/C27H29N3O2/c1-3-20-7-9-21(10-8-20)18-29(19-22-6-5-14-28-17-22)27(32)24-11-12-25-23(16-24)13-15-30(25)26(31)4-2/h5-12,14,16-17H,3-4,13,15,18-19H2,1-2H3. The van der Waals surface area contributed by atoms with Gasteiger partial charge in [0.15, 0.2) is 0 Å². The van der Waals surface area contributed by atoms with Crippen LogP contribution in [-0.2, 0) is 30.7 Å². The molecule has 0 unspecified atom stereocenters. The Labute approximate surface area is 189 Å². The van der Waals surface area contributed by atoms with Gasteiger partial charge in [0.2, 0.25) is 5.91 Å². The molecule has 0 spiro atoms. The van der Waals surface area contributed by atoms with E-state index in [2.05, 4.69) is 36.2 Å². The van der Waals surface area contributed by atoms with Crippen LogP contribution in [0.5, 0.6) is 0 Å². The zero-order chi connectivity index (χ0) is 22.5. The van der Waals surface area contributed by atoms with Gasteiger partial charge in [-0.1, -0.05) is 44.2 Å². The van der Waals surface area contributed by atoms with Crippen LogP contribution in [0.25, 0.3) is 0 Å². The Balaban J connectivity index is 1.60. The number of carbonyl (C=O) groups is 2. The molecule has 0 atom stereocenters. The van der Waals surface area contributed by atoms with Crippen LogP contribution in [0.4, 0.5) is 5.69 Å². The van der Waals surface area contributed by atoms with Crippen molar-refractivity contribution in [2.24, 2.45) is 0 Å². The highest BCUT2D eigenvalue weighted by Gasteiger charge is 2.25. The van der Waals surface area contributed by atoms with Crippen molar-refractivity contribution in [1.82, 2.24) is 9.88 Å². The van der Waals surface area contributed by atoms with E-state index < -0.39 is 0 Å². The van der Waals surface area contributed by atoms with E-state index in [1.807, 2.05) is 47.1 Å². The molecule has 164 valence electrons. The lowest BCUT2D eigenvalue weighted by Crippen LogP contribution is -2.30. The number of benzene rings is 2. The quantitative estimate of drug-likeness (QED) is 0.545. The molecule has 0 saturated heterocycles. The fraction of sp³-hybridized carbons (Fsp3) is 0.296. The fourth-order valence-corrected chi connectivity index (χ4v) is 4.18. The van der Waals surface area contributed by atoms with Gasteiger partial charge in [-0.05, 0) is 59.4 Å². The van der Waals surface area contributed by atoms with Crippen molar-refractivity contribution < 1.29 is 9.59 Å². The van der Waals surface area contributed by atoms with Crippen molar-refractivity contribution in [2.75, 3.05) is 11.4 Å². The van der Waals surface area contributed by atoms with Crippen LogP contribution in [0.2, 0.25) is 0 Å². The van der Waals surface area contributed by atoms with E-state index in [1.54, 1.807) is 12.4 Å². The molecule has 0 fully saturated rings. The predicted molar refractivity (Wildman–Crippen MR) is 126 cm³/mol. The molecule has 2 heterocycles. The number of aromatic nitrogens is 1. The second-order valence-corrected chi connectivity index (χ2v) is 8.18. The van der Waals surface area contributed by atoms with Crippen LogP contribution in [0, 0.1) is 0 Å². The van der Waals surface area contributed by atoms with Gasteiger partial charge in [-0.25, -0.2) is 0 Å². The van der Waals surface area contributed by atoms with Crippen molar-refractivity contribution in [3.05, 3.63) is 94.8 Å². The molecule has 0 radical (unpaired) electrons. The molecule has 5 nitrogen and oxygen atoms in total. The summed E-state index contributed by atoms with van der Waals surface area (Å²) in [6, 6.07) is 18.0. The van der Waals surface area contributed by atoms with Crippen LogP contribution < -0.4 is 4.90 Å². The number of anilines is 1. The number of amides is 2. The molecule has 5 heteroatoms. The maximum Gasteiger partial charge on any atom is 0.254 e. The molecule has 2 amide bonds. The first kappa shape index (κ1) is 21.8. The van der Waals surface area contributed by atoms with Crippen molar-refractivity contribution in [1.29, 1.82) is 0 Å². The predicted octanol–water partition coefficient (Wildman–Crippen LogP) is 4.79. The summed E-state index contributed by atoms with van der Waals surface area (Å²) in [5.41, 5.74) is 6.02. The number of hydrogen-bond acceptors (Lipinski definition) is 3. The number of fused-ring (bicyclic) bond motifs is 1. The largest absolute Gasteiger partial charge is 0.330 e. The fourth-order valence-electron chi connectivity index (χ4n) is 4.18. The number of aryl methyl sites for hydroxylation is 1. The second kappa shape index (κ2) is 9.77. The Hall–Kier alpha value is -3.47. The van der Waals surface area contributed by atoms with Gasteiger partial charge in [0, 0.05) is 49.7 Å². The normalized spacial score (nSPS) is 12.5. The molecule has 1 aliphatic heterocycles. The second-order valence-electron chi connectivity index (χ2n) is 8.18. The van der Waals surface area contributed by atoms with E-state index in [0.29, 0.717) is 31.6 Å². The van der Waals surface area contributed by atoms with Crippen molar-refractivity contribution in [2.45, 2.75) is 46.2 Å². The Morgan fingerprint density at radius 3 is 2.41 bits per heavy atom. The molecule has 3 aromatic rings. The summed E-state index contributed by atoms with van der Waals surface area (Å²) in [6.45, 7) is 5.70. The summed E-state index contributed by atoms with van der Waals surface area (Å²) in [6.07, 6.45) is 5.80. The molecule has 4 rings (SSSR count). The maximum atomic E-state index is 13.6. The van der Waals surface area contributed by atoms with Gasteiger partial charge >= 0.3 is 0 Å². The summed E-state index contributed by atoms with van der Waals surface area (Å²) in [5, 5.41) is 0. The van der Waals surface area contributed by atoms with Crippen LogP contribution in [-0.4, -0.2) is 28.2 Å². The Bertz CT molecular complexity index is 1090. The highest BCUT2D eigenvalue weighted by Crippen LogP contribution is 2.30. The van der Waals surface area contributed by atoms with Crippen LogP contribution in [0.3, 0.4) is 0 Å². The van der Waals surface area contributed by atoms with Gasteiger partial charge in [0.25, 0.3) is 5.91 Å². The van der Waals surface area contributed by atoms with Gasteiger partial charge in [0.05, 0.1) is 0 Å². The molecule has 32 heavy (non-hydrogen) atoms. The summed E-state index contributed by atoms with van der Waals surface area (Å²) >= 11 is 0. The zero-order valence-electron chi connectivity index (χ0n) is 18.8. The number of hydrogen-bond donors (Lipinski definition) is 0. The lowest BCUT2D eigenvalue weighted by atomic mass is 10.1. The molecular weight excluding hydrogens is 398 g/mol. The summed E-state index contributed by atoms with van der Waals surface area (Å²) < 4.78 is 0. The van der Waals surface area contributed by atoms with Crippen molar-refractivity contribution >= 4 is 17.5 Å². The van der Waals surface area contributed by atoms with E-state index >= 15 is 0 Å². The minimum atomic E-state index is -0.0171. The van der Waals surface area contributed by atoms with Gasteiger partial charge in [0.1, 0.15) is 0 Å². The molecule has 1 aliphatic rings. The minimum Gasteiger partial charge on any atom is -0.330 e. The SMILES string of the molecule is CCC(=O)N1CCc2cc(C(=O)N(Cc3ccc(CC)cc3)Cc3cccnc3)ccc21. The van der Waals surface area contributed by atoms with E-state index in [9.17, 15) is 9.59 Å². The third kappa shape index (κ3) is 4.72. The van der Waals surface area contributed by atoms with E-state index in [4.69, 9.17) is 0 Å². The van der Waals surface area contributed by atoms with Crippen LogP contribution >= 0.6 is 0 Å². The molecule has 0 aliphatic carbocycles. The Kier molecular flexibility index (Phi) is 6.64. The Morgan fingerprint density at radius 2 is 1.72 bits per heavy atom. The van der Waals surface area contributed by atoms with Crippen molar-refractivity contribution in [3.8, 4) is 0 Å². The van der Waals surface area contributed by atoms with E-state index in [0.717, 1.165) is 35.2 Å². The summed E-state index contributed by atoms with van der Waals surface area (Å²) in [7, 11) is 0. The lowest BCUT2D eigenvalue weighted by Gasteiger charge is -2.24. The lowest BCUT2D eigenvalue weighted by molar-refractivity contribution is -0.118. The van der Waals surface area contributed by atoms with Gasteiger partial charge in [-0.3, -0.25) is 14.6 Å². The van der Waals surface area contributed by atoms with Crippen LogP contribution in [0.15, 0.2) is 67.0 Å². The third-order valence-electron chi connectivity index (χ3n) is 6.01. The minimum absolute atomic E-state index is 0.0171. The summed E-state index contributed by atoms with van der Waals surface area (Å²) in [4.78, 5) is 33.7. The monoisotopic (exact) mass is 427 g/mol. The van der Waals surface area contributed by atoms with E-state index in [1.165, 1.54) is 5.56 Å². The highest BCUT2D eigenvalue weighted by atomic mass is 16.2. The van der Waals surface area contributed by atoms with E-state index in [-0.39, 0.29) is 11.8 Å². The first-order valence-electron chi connectivity index (χ1n) is 11.3. The van der Waals surface area contributed by atoms with Gasteiger partial charge in [-0.2, -0.15) is 0 Å². The maximum absolute atomic E-state index is 13.6. The topological polar surface area (TPSA) is 53.5 Å². The molecule has 1 aromatic heterocycles. The van der Waals surface area contributed by atoms with Gasteiger partial charge in [-0.15, -0.1) is 0 Å². The molecular formula is C27H29N3O2. The average Bonchev–Trinajstić information content (AvgIpc) is 3.27. The molecule has 0 saturated carbocycles. The number of carbonyl (C=O) groups excluding carboxylic acids is 2. The Morgan fingerprint density at radius 1 is 0.969 bits per heavy atom.